The molecule has 2 saturated heterocycles. The first-order chi connectivity index (χ1) is 12.3. The van der Waals surface area contributed by atoms with Crippen LogP contribution in [0.5, 0.6) is 0 Å². The second-order valence-corrected chi connectivity index (χ2v) is 6.78. The van der Waals surface area contributed by atoms with Gasteiger partial charge < -0.3 is 14.1 Å². The van der Waals surface area contributed by atoms with Gasteiger partial charge in [-0.3, -0.25) is 9.69 Å². The molecule has 1 aromatic carbocycles. The lowest BCUT2D eigenvalue weighted by Gasteiger charge is -2.27. The van der Waals surface area contributed by atoms with Gasteiger partial charge in [0.2, 0.25) is 0 Å². The molecule has 3 heterocycles. The van der Waals surface area contributed by atoms with Gasteiger partial charge in [0.15, 0.2) is 11.3 Å². The van der Waals surface area contributed by atoms with E-state index in [0.29, 0.717) is 24.9 Å². The van der Waals surface area contributed by atoms with Crippen LogP contribution in [0.25, 0.3) is 11.3 Å². The smallest absolute Gasteiger partial charge is 0.200 e. The molecule has 0 aliphatic carbocycles. The molecule has 25 heavy (non-hydrogen) atoms. The Morgan fingerprint density at radius 2 is 1.64 bits per heavy atom. The van der Waals surface area contributed by atoms with Crippen molar-refractivity contribution in [1.82, 2.24) is 4.90 Å². The summed E-state index contributed by atoms with van der Waals surface area (Å²) in [6.07, 6.45) is 2.61. The Hall–Kier alpha value is -2.11. The van der Waals surface area contributed by atoms with E-state index >= 15 is 0 Å². The van der Waals surface area contributed by atoms with E-state index in [4.69, 9.17) is 9.15 Å². The molecule has 2 aliphatic rings. The van der Waals surface area contributed by atoms with E-state index in [0.717, 1.165) is 25.2 Å². The van der Waals surface area contributed by atoms with Crippen molar-refractivity contribution < 1.29 is 9.15 Å². The van der Waals surface area contributed by atoms with Crippen LogP contribution in [-0.2, 0) is 11.3 Å². The van der Waals surface area contributed by atoms with Crippen LogP contribution < -0.4 is 10.3 Å². The molecule has 0 atom stereocenters. The molecule has 0 saturated carbocycles. The molecule has 2 fully saturated rings. The fourth-order valence-corrected chi connectivity index (χ4v) is 3.52. The average Bonchev–Trinajstić information content (AvgIpc) is 3.16. The molecular formula is C20H24N2O3. The maximum absolute atomic E-state index is 12.1. The predicted molar refractivity (Wildman–Crippen MR) is 98.0 cm³/mol. The Kier molecular flexibility index (Phi) is 4.85. The maximum Gasteiger partial charge on any atom is 0.200 e. The minimum Gasteiger partial charge on any atom is -0.440 e. The van der Waals surface area contributed by atoms with Gasteiger partial charge in [-0.25, -0.2) is 0 Å². The number of rotatable bonds is 4. The van der Waals surface area contributed by atoms with Crippen molar-refractivity contribution >= 4 is 5.88 Å². The van der Waals surface area contributed by atoms with E-state index in [1.165, 1.54) is 31.5 Å². The van der Waals surface area contributed by atoms with Gasteiger partial charge in [0.05, 0.1) is 13.2 Å². The lowest BCUT2D eigenvalue weighted by Crippen LogP contribution is -2.36. The van der Waals surface area contributed by atoms with Gasteiger partial charge in [0, 0.05) is 37.3 Å². The number of hydrogen-bond donors (Lipinski definition) is 0. The molecule has 0 N–H and O–H groups in total. The summed E-state index contributed by atoms with van der Waals surface area (Å²) in [5.41, 5.74) is 2.22. The first kappa shape index (κ1) is 16.4. The minimum absolute atomic E-state index is 0.0242. The zero-order valence-electron chi connectivity index (χ0n) is 14.4. The number of benzene rings is 1. The van der Waals surface area contributed by atoms with Crippen molar-refractivity contribution in [3.63, 3.8) is 0 Å². The molecule has 0 radical (unpaired) electrons. The van der Waals surface area contributed by atoms with Gasteiger partial charge in [0.1, 0.15) is 5.76 Å². The summed E-state index contributed by atoms with van der Waals surface area (Å²) >= 11 is 0. The van der Waals surface area contributed by atoms with Crippen molar-refractivity contribution in [2.24, 2.45) is 0 Å². The van der Waals surface area contributed by atoms with Crippen molar-refractivity contribution in [1.29, 1.82) is 0 Å². The third kappa shape index (κ3) is 3.94. The summed E-state index contributed by atoms with van der Waals surface area (Å²) in [4.78, 5) is 16.6. The molecule has 132 valence electrons. The van der Waals surface area contributed by atoms with Gasteiger partial charge in [0.25, 0.3) is 0 Å². The molecule has 2 aromatic rings. The third-order valence-electron chi connectivity index (χ3n) is 4.92. The highest BCUT2D eigenvalue weighted by Gasteiger charge is 2.16. The van der Waals surface area contributed by atoms with Crippen LogP contribution >= 0.6 is 0 Å². The highest BCUT2D eigenvalue weighted by molar-refractivity contribution is 5.59. The molecule has 5 heteroatoms. The highest BCUT2D eigenvalue weighted by Crippen LogP contribution is 2.24. The summed E-state index contributed by atoms with van der Waals surface area (Å²) < 4.78 is 11.4. The topological polar surface area (TPSA) is 45.9 Å². The maximum atomic E-state index is 12.1. The molecule has 0 bridgehead atoms. The second kappa shape index (κ2) is 7.42. The largest absolute Gasteiger partial charge is 0.440 e. The van der Waals surface area contributed by atoms with Crippen LogP contribution in [0, 0.1) is 0 Å². The lowest BCUT2D eigenvalue weighted by molar-refractivity contribution is 0.120. The van der Waals surface area contributed by atoms with Gasteiger partial charge >= 0.3 is 0 Å². The third-order valence-corrected chi connectivity index (χ3v) is 4.92. The molecule has 0 spiro atoms. The number of anilines is 1. The normalized spacial score (nSPS) is 18.6. The fourth-order valence-electron chi connectivity index (χ4n) is 3.52. The standard InChI is InChI=1S/C20H24N2O3/c23-18-13-19(25-20(14-18)22-9-11-24-12-10-22)17-5-3-16(4-6-17)15-21-7-1-2-8-21/h3-6,13-14H,1-2,7-12,15H2. The number of likely N-dealkylation sites (tertiary alicyclic amines) is 1. The number of morpholine rings is 1. The van der Waals surface area contributed by atoms with Gasteiger partial charge in [-0.2, -0.15) is 0 Å². The summed E-state index contributed by atoms with van der Waals surface area (Å²) in [5.74, 6) is 1.26. The first-order valence-corrected chi connectivity index (χ1v) is 9.07. The summed E-state index contributed by atoms with van der Waals surface area (Å²) in [6, 6.07) is 11.5. The SMILES string of the molecule is O=c1cc(-c2ccc(CN3CCCC3)cc2)oc(N2CCOCC2)c1. The fraction of sp³-hybridized carbons (Fsp3) is 0.450. The summed E-state index contributed by atoms with van der Waals surface area (Å²) in [7, 11) is 0. The van der Waals surface area contributed by atoms with E-state index in [1.807, 2.05) is 12.1 Å². The van der Waals surface area contributed by atoms with E-state index < -0.39 is 0 Å². The van der Waals surface area contributed by atoms with Gasteiger partial charge in [-0.05, 0) is 31.5 Å². The second-order valence-electron chi connectivity index (χ2n) is 6.78. The molecule has 5 nitrogen and oxygen atoms in total. The number of nitrogens with zero attached hydrogens (tertiary/aromatic N) is 2. The first-order valence-electron chi connectivity index (χ1n) is 9.07. The van der Waals surface area contributed by atoms with Gasteiger partial charge in [-0.1, -0.05) is 24.3 Å². The monoisotopic (exact) mass is 340 g/mol. The minimum atomic E-state index is -0.0242. The van der Waals surface area contributed by atoms with Gasteiger partial charge in [-0.15, -0.1) is 0 Å². The van der Waals surface area contributed by atoms with Crippen molar-refractivity contribution in [2.45, 2.75) is 19.4 Å². The molecule has 2 aliphatic heterocycles. The van der Waals surface area contributed by atoms with E-state index in [-0.39, 0.29) is 5.43 Å². The van der Waals surface area contributed by atoms with Crippen LogP contribution in [0.2, 0.25) is 0 Å². The van der Waals surface area contributed by atoms with Crippen molar-refractivity contribution in [3.8, 4) is 11.3 Å². The van der Waals surface area contributed by atoms with E-state index in [9.17, 15) is 4.79 Å². The van der Waals surface area contributed by atoms with Crippen LogP contribution in [0.15, 0.2) is 45.6 Å². The Morgan fingerprint density at radius 1 is 0.920 bits per heavy atom. The Balaban J connectivity index is 1.54. The highest BCUT2D eigenvalue weighted by atomic mass is 16.5. The number of hydrogen-bond acceptors (Lipinski definition) is 5. The average molecular weight is 340 g/mol. The predicted octanol–water partition coefficient (Wildman–Crippen LogP) is 2.74. The Morgan fingerprint density at radius 3 is 2.36 bits per heavy atom. The van der Waals surface area contributed by atoms with Crippen LogP contribution in [0.4, 0.5) is 5.88 Å². The summed E-state index contributed by atoms with van der Waals surface area (Å²) in [5, 5.41) is 0. The van der Waals surface area contributed by atoms with Crippen LogP contribution in [0.1, 0.15) is 18.4 Å². The molecule has 4 rings (SSSR count). The van der Waals surface area contributed by atoms with Crippen molar-refractivity contribution in [2.75, 3.05) is 44.3 Å². The van der Waals surface area contributed by atoms with Crippen LogP contribution in [0.3, 0.4) is 0 Å². The number of ether oxygens (including phenoxy) is 1. The lowest BCUT2D eigenvalue weighted by atomic mass is 10.1. The van der Waals surface area contributed by atoms with E-state index in [1.54, 1.807) is 12.1 Å². The quantitative estimate of drug-likeness (QED) is 0.856. The molecular weight excluding hydrogens is 316 g/mol. The molecule has 0 amide bonds. The van der Waals surface area contributed by atoms with Crippen molar-refractivity contribution in [3.05, 3.63) is 52.2 Å². The Bertz CT molecular complexity index is 757. The van der Waals surface area contributed by atoms with Crippen LogP contribution in [-0.4, -0.2) is 44.3 Å². The zero-order valence-corrected chi connectivity index (χ0v) is 14.4. The zero-order chi connectivity index (χ0) is 17.1. The van der Waals surface area contributed by atoms with E-state index in [2.05, 4.69) is 21.9 Å². The Labute approximate surface area is 147 Å². The molecule has 1 aromatic heterocycles. The summed E-state index contributed by atoms with van der Waals surface area (Å²) in [6.45, 7) is 6.22. The molecule has 0 unspecified atom stereocenters.